The van der Waals surface area contributed by atoms with E-state index in [2.05, 4.69) is 5.32 Å². The summed E-state index contributed by atoms with van der Waals surface area (Å²) in [5.41, 5.74) is -0.663. The SMILES string of the molecule is COc1ccc(C(F)(F)F)cc1NC(=O)CN1C(=O)S/C(=C\c2cc(I)c(O)c(I)c2)C1=O. The number of aromatic hydroxyl groups is 1. The molecule has 1 aliphatic rings. The minimum absolute atomic E-state index is 0.0121. The molecular weight excluding hydrogens is 691 g/mol. The normalized spacial score (nSPS) is 15.3. The molecule has 0 radical (unpaired) electrons. The number of rotatable bonds is 5. The van der Waals surface area contributed by atoms with Crippen molar-refractivity contribution < 1.29 is 37.4 Å². The molecule has 0 unspecified atom stereocenters. The third-order valence-electron chi connectivity index (χ3n) is 4.31. The summed E-state index contributed by atoms with van der Waals surface area (Å²) in [6.07, 6.45) is -3.17. The fourth-order valence-corrected chi connectivity index (χ4v) is 5.43. The van der Waals surface area contributed by atoms with Gasteiger partial charge in [-0.2, -0.15) is 13.2 Å². The second kappa shape index (κ2) is 10.1. The molecule has 0 aliphatic carbocycles. The van der Waals surface area contributed by atoms with Crippen LogP contribution in [0.1, 0.15) is 11.1 Å². The van der Waals surface area contributed by atoms with E-state index in [0.29, 0.717) is 35.4 Å². The van der Waals surface area contributed by atoms with Crippen molar-refractivity contribution in [1.82, 2.24) is 4.90 Å². The average molecular weight is 704 g/mol. The lowest BCUT2D eigenvalue weighted by Crippen LogP contribution is -2.36. The zero-order chi connectivity index (χ0) is 24.5. The topological polar surface area (TPSA) is 95.9 Å². The number of halogens is 5. The zero-order valence-electron chi connectivity index (χ0n) is 16.5. The van der Waals surface area contributed by atoms with Gasteiger partial charge < -0.3 is 15.2 Å². The van der Waals surface area contributed by atoms with Crippen LogP contribution < -0.4 is 10.1 Å². The molecule has 33 heavy (non-hydrogen) atoms. The summed E-state index contributed by atoms with van der Waals surface area (Å²) in [7, 11) is 1.23. The number of amides is 3. The van der Waals surface area contributed by atoms with Crippen LogP contribution in [-0.4, -0.2) is 40.7 Å². The third-order valence-corrected chi connectivity index (χ3v) is 6.87. The smallest absolute Gasteiger partial charge is 0.416 e. The Morgan fingerprint density at radius 3 is 2.42 bits per heavy atom. The van der Waals surface area contributed by atoms with Crippen molar-refractivity contribution in [2.75, 3.05) is 19.0 Å². The summed E-state index contributed by atoms with van der Waals surface area (Å²) in [6, 6.07) is 5.82. The number of methoxy groups -OCH3 is 1. The number of anilines is 1. The molecule has 0 spiro atoms. The fourth-order valence-electron chi connectivity index (χ4n) is 2.77. The van der Waals surface area contributed by atoms with E-state index in [-0.39, 0.29) is 22.1 Å². The molecule has 0 saturated carbocycles. The molecule has 3 amide bonds. The van der Waals surface area contributed by atoms with Gasteiger partial charge in [-0.25, -0.2) is 0 Å². The van der Waals surface area contributed by atoms with Crippen molar-refractivity contribution in [2.45, 2.75) is 6.18 Å². The van der Waals surface area contributed by atoms with E-state index in [4.69, 9.17) is 4.74 Å². The predicted molar refractivity (Wildman–Crippen MR) is 133 cm³/mol. The molecule has 174 valence electrons. The van der Waals surface area contributed by atoms with Crippen molar-refractivity contribution in [3.05, 3.63) is 53.5 Å². The number of hydrogen-bond acceptors (Lipinski definition) is 6. The van der Waals surface area contributed by atoms with Crippen LogP contribution in [-0.2, 0) is 15.8 Å². The molecule has 13 heteroatoms. The maximum Gasteiger partial charge on any atom is 0.416 e. The standard InChI is InChI=1S/C20H13F3I2N2O5S/c1-32-14-3-2-10(20(21,22)23)7-13(14)26-16(28)8-27-18(30)15(33-19(27)31)6-9-4-11(24)17(29)12(25)5-9/h2-7,29H,8H2,1H3,(H,26,28)/b15-6-. The largest absolute Gasteiger partial charge is 0.506 e. The monoisotopic (exact) mass is 704 g/mol. The van der Waals surface area contributed by atoms with Crippen LogP contribution in [0, 0.1) is 7.14 Å². The van der Waals surface area contributed by atoms with Crippen molar-refractivity contribution in [3.8, 4) is 11.5 Å². The quantitative estimate of drug-likeness (QED) is 0.324. The Morgan fingerprint density at radius 1 is 1.21 bits per heavy atom. The Balaban J connectivity index is 1.77. The molecule has 0 bridgehead atoms. The number of benzene rings is 2. The van der Waals surface area contributed by atoms with E-state index in [1.165, 1.54) is 13.2 Å². The molecule has 0 aromatic heterocycles. The van der Waals surface area contributed by atoms with Gasteiger partial charge in [0, 0.05) is 0 Å². The fraction of sp³-hybridized carbons (Fsp3) is 0.150. The molecule has 2 aromatic carbocycles. The highest BCUT2D eigenvalue weighted by Crippen LogP contribution is 2.36. The summed E-state index contributed by atoms with van der Waals surface area (Å²) >= 11 is 4.49. The van der Waals surface area contributed by atoms with Crippen LogP contribution in [0.4, 0.5) is 23.7 Å². The molecule has 1 heterocycles. The molecule has 7 nitrogen and oxygen atoms in total. The maximum atomic E-state index is 13.0. The van der Waals surface area contributed by atoms with E-state index >= 15 is 0 Å². The molecular formula is C20H13F3I2N2O5S. The minimum atomic E-state index is -4.63. The number of ether oxygens (including phenoxy) is 1. The first kappa shape index (κ1) is 25.6. The van der Waals surface area contributed by atoms with E-state index in [1.54, 1.807) is 12.1 Å². The first-order valence-electron chi connectivity index (χ1n) is 8.89. The molecule has 2 N–H and O–H groups in total. The average Bonchev–Trinajstić information content (AvgIpc) is 2.98. The number of carbonyl (C=O) groups is 3. The van der Waals surface area contributed by atoms with Crippen LogP contribution in [0.15, 0.2) is 35.2 Å². The summed E-state index contributed by atoms with van der Waals surface area (Å²) < 4.78 is 45.1. The van der Waals surface area contributed by atoms with E-state index in [0.717, 1.165) is 12.1 Å². The first-order valence-corrected chi connectivity index (χ1v) is 11.9. The highest BCUT2D eigenvalue weighted by atomic mass is 127. The Morgan fingerprint density at radius 2 is 1.85 bits per heavy atom. The van der Waals surface area contributed by atoms with Gasteiger partial charge in [0.1, 0.15) is 18.0 Å². The van der Waals surface area contributed by atoms with Crippen LogP contribution >= 0.6 is 56.9 Å². The van der Waals surface area contributed by atoms with Crippen LogP contribution in [0.5, 0.6) is 11.5 Å². The second-order valence-electron chi connectivity index (χ2n) is 6.56. The van der Waals surface area contributed by atoms with Gasteiger partial charge in [-0.3, -0.25) is 19.3 Å². The van der Waals surface area contributed by atoms with E-state index in [1.807, 2.05) is 45.2 Å². The number of nitrogens with zero attached hydrogens (tertiary/aromatic N) is 1. The van der Waals surface area contributed by atoms with Crippen molar-refractivity contribution in [1.29, 1.82) is 0 Å². The van der Waals surface area contributed by atoms with Crippen LogP contribution in [0.2, 0.25) is 0 Å². The molecule has 1 fully saturated rings. The highest BCUT2D eigenvalue weighted by Gasteiger charge is 2.37. The highest BCUT2D eigenvalue weighted by molar-refractivity contribution is 14.1. The number of imide groups is 1. The minimum Gasteiger partial charge on any atom is -0.506 e. The first-order chi connectivity index (χ1) is 15.4. The van der Waals surface area contributed by atoms with Gasteiger partial charge >= 0.3 is 6.18 Å². The summed E-state index contributed by atoms with van der Waals surface area (Å²) in [6.45, 7) is -0.688. The Labute approximate surface area is 217 Å². The summed E-state index contributed by atoms with van der Waals surface area (Å²) in [5.74, 6) is -1.50. The van der Waals surface area contributed by atoms with Gasteiger partial charge in [0.25, 0.3) is 11.1 Å². The van der Waals surface area contributed by atoms with Crippen molar-refractivity contribution in [2.24, 2.45) is 0 Å². The summed E-state index contributed by atoms with van der Waals surface area (Å²) in [5, 5.41) is 11.4. The van der Waals surface area contributed by atoms with Crippen molar-refractivity contribution in [3.63, 3.8) is 0 Å². The number of alkyl halides is 3. The lowest BCUT2D eigenvalue weighted by molar-refractivity contribution is -0.137. The maximum absolute atomic E-state index is 13.0. The van der Waals surface area contributed by atoms with Gasteiger partial charge in [-0.05, 0) is 98.9 Å². The van der Waals surface area contributed by atoms with Gasteiger partial charge in [-0.15, -0.1) is 0 Å². The van der Waals surface area contributed by atoms with E-state index < -0.39 is 35.3 Å². The van der Waals surface area contributed by atoms with Gasteiger partial charge in [0.15, 0.2) is 0 Å². The number of nitrogens with one attached hydrogen (secondary N) is 1. The van der Waals surface area contributed by atoms with Crippen LogP contribution in [0.3, 0.4) is 0 Å². The molecule has 1 saturated heterocycles. The van der Waals surface area contributed by atoms with Gasteiger partial charge in [0.05, 0.1) is 30.4 Å². The lowest BCUT2D eigenvalue weighted by atomic mass is 10.1. The second-order valence-corrected chi connectivity index (χ2v) is 9.88. The Bertz CT molecular complexity index is 1160. The lowest BCUT2D eigenvalue weighted by Gasteiger charge is -2.16. The van der Waals surface area contributed by atoms with Crippen LogP contribution in [0.25, 0.3) is 6.08 Å². The Hall–Kier alpha value is -2.01. The Kier molecular flexibility index (Phi) is 7.83. The van der Waals surface area contributed by atoms with Crippen molar-refractivity contribution >= 4 is 85.8 Å². The molecule has 0 atom stereocenters. The molecule has 2 aromatic rings. The predicted octanol–water partition coefficient (Wildman–Crippen LogP) is 5.30. The number of hydrogen-bond donors (Lipinski definition) is 2. The van der Waals surface area contributed by atoms with E-state index in [9.17, 15) is 32.7 Å². The molecule has 1 aliphatic heterocycles. The number of thioether (sulfide) groups is 1. The molecule has 3 rings (SSSR count). The number of carbonyl (C=O) groups excluding carboxylic acids is 3. The van der Waals surface area contributed by atoms with Gasteiger partial charge in [-0.1, -0.05) is 0 Å². The summed E-state index contributed by atoms with van der Waals surface area (Å²) in [4.78, 5) is 38.2. The number of phenols is 1. The number of phenolic OH excluding ortho intramolecular Hbond substituents is 1. The third kappa shape index (κ3) is 5.92. The van der Waals surface area contributed by atoms with Gasteiger partial charge in [0.2, 0.25) is 5.91 Å². The zero-order valence-corrected chi connectivity index (χ0v) is 21.6.